The number of rotatable bonds is 8. The first-order valence-corrected chi connectivity index (χ1v) is 13.7. The molecule has 1 amide bonds. The maximum Gasteiger partial charge on any atom is 0.416 e. The zero-order chi connectivity index (χ0) is 30.5. The van der Waals surface area contributed by atoms with E-state index in [-0.39, 0.29) is 42.3 Å². The van der Waals surface area contributed by atoms with Gasteiger partial charge in [0.2, 0.25) is 0 Å². The summed E-state index contributed by atoms with van der Waals surface area (Å²) in [7, 11) is 3.36. The monoisotopic (exact) mass is 595 g/mol. The lowest BCUT2D eigenvalue weighted by Crippen LogP contribution is -2.50. The third-order valence-electron chi connectivity index (χ3n) is 8.00. The lowest BCUT2D eigenvalue weighted by atomic mass is 9.78. The van der Waals surface area contributed by atoms with Crippen molar-refractivity contribution in [3.63, 3.8) is 0 Å². The molecular formula is C30H29F4N7O2. The van der Waals surface area contributed by atoms with Crippen molar-refractivity contribution in [3.05, 3.63) is 76.9 Å². The molecule has 0 saturated heterocycles. The number of hydrogen-bond donors (Lipinski definition) is 2. The molecule has 13 heteroatoms. The Kier molecular flexibility index (Phi) is 7.17. The molecule has 1 aliphatic carbocycles. The number of pyridine rings is 1. The van der Waals surface area contributed by atoms with Crippen molar-refractivity contribution in [2.24, 2.45) is 12.8 Å². The largest absolute Gasteiger partial charge is 0.416 e. The van der Waals surface area contributed by atoms with Crippen molar-refractivity contribution in [1.29, 1.82) is 0 Å². The summed E-state index contributed by atoms with van der Waals surface area (Å²) in [6.45, 7) is -0.195. The van der Waals surface area contributed by atoms with Gasteiger partial charge in [0.1, 0.15) is 23.8 Å². The fourth-order valence-corrected chi connectivity index (χ4v) is 5.56. The van der Waals surface area contributed by atoms with Crippen LogP contribution in [0.4, 0.5) is 29.2 Å². The van der Waals surface area contributed by atoms with Gasteiger partial charge in [-0.2, -0.15) is 13.2 Å². The van der Waals surface area contributed by atoms with Crippen LogP contribution in [0, 0.1) is 5.82 Å². The number of halogens is 4. The Labute approximate surface area is 244 Å². The van der Waals surface area contributed by atoms with E-state index in [1.165, 1.54) is 29.4 Å². The molecule has 2 aromatic heterocycles. The number of ether oxygens (including phenoxy) is 1. The van der Waals surface area contributed by atoms with Gasteiger partial charge in [-0.25, -0.2) is 9.37 Å². The van der Waals surface area contributed by atoms with E-state index in [1.807, 2.05) is 0 Å². The van der Waals surface area contributed by atoms with Crippen LogP contribution in [-0.2, 0) is 31.1 Å². The SMILES string of the molecule is CNc1cc(-c2ccc(F)cc2-c2nncn2C)cc(N2Cc3c(cc(COCC4(N)CCC4)cc3C(F)(F)F)C2=O)n1. The van der Waals surface area contributed by atoms with Crippen molar-refractivity contribution in [1.82, 2.24) is 19.7 Å². The molecule has 2 aliphatic rings. The molecule has 6 rings (SSSR count). The second kappa shape index (κ2) is 10.7. The molecule has 0 spiro atoms. The van der Waals surface area contributed by atoms with Crippen molar-refractivity contribution in [2.45, 2.75) is 44.1 Å². The number of nitrogens with one attached hydrogen (secondary N) is 1. The topological polar surface area (TPSA) is 111 Å². The quantitative estimate of drug-likeness (QED) is 0.266. The van der Waals surface area contributed by atoms with Crippen LogP contribution >= 0.6 is 0 Å². The molecule has 2 aromatic carbocycles. The van der Waals surface area contributed by atoms with Gasteiger partial charge in [-0.15, -0.1) is 10.2 Å². The summed E-state index contributed by atoms with van der Waals surface area (Å²) in [5.41, 5.74) is 6.46. The van der Waals surface area contributed by atoms with Crippen molar-refractivity contribution >= 4 is 17.5 Å². The minimum atomic E-state index is -4.69. The fraction of sp³-hybridized carbons (Fsp3) is 0.333. The van der Waals surface area contributed by atoms with Crippen LogP contribution in [0.15, 0.2) is 48.8 Å². The normalized spacial score (nSPS) is 15.9. The number of amides is 1. The van der Waals surface area contributed by atoms with Gasteiger partial charge in [-0.3, -0.25) is 9.69 Å². The molecule has 3 N–H and O–H groups in total. The highest BCUT2D eigenvalue weighted by Gasteiger charge is 2.41. The number of anilines is 2. The predicted octanol–water partition coefficient (Wildman–Crippen LogP) is 5.30. The smallest absolute Gasteiger partial charge is 0.375 e. The number of alkyl halides is 3. The molecule has 9 nitrogen and oxygen atoms in total. The van der Waals surface area contributed by atoms with Crippen LogP contribution in [0.25, 0.3) is 22.5 Å². The van der Waals surface area contributed by atoms with Gasteiger partial charge in [0.25, 0.3) is 5.91 Å². The Morgan fingerprint density at radius 2 is 1.88 bits per heavy atom. The summed E-state index contributed by atoms with van der Waals surface area (Å²) in [5.74, 6) is -0.190. The maximum absolute atomic E-state index is 14.3. The number of hydrogen-bond acceptors (Lipinski definition) is 7. The second-order valence-corrected chi connectivity index (χ2v) is 11.1. The molecule has 0 atom stereocenters. The highest BCUT2D eigenvalue weighted by molar-refractivity contribution is 6.10. The minimum absolute atomic E-state index is 0.0562. The second-order valence-electron chi connectivity index (χ2n) is 11.1. The lowest BCUT2D eigenvalue weighted by Gasteiger charge is -2.37. The minimum Gasteiger partial charge on any atom is -0.375 e. The molecular weight excluding hydrogens is 566 g/mol. The number of nitrogens with two attached hydrogens (primary N) is 1. The molecule has 0 unspecified atom stereocenters. The predicted molar refractivity (Wildman–Crippen MR) is 152 cm³/mol. The van der Waals surface area contributed by atoms with E-state index in [2.05, 4.69) is 20.5 Å². The highest BCUT2D eigenvalue weighted by Crippen LogP contribution is 2.41. The molecule has 0 bridgehead atoms. The lowest BCUT2D eigenvalue weighted by molar-refractivity contribution is -0.138. The summed E-state index contributed by atoms with van der Waals surface area (Å²) in [6.07, 6.45) is -0.604. The van der Waals surface area contributed by atoms with Crippen LogP contribution in [0.2, 0.25) is 0 Å². The Morgan fingerprint density at radius 1 is 1.09 bits per heavy atom. The first kappa shape index (κ1) is 28.7. The van der Waals surface area contributed by atoms with Crippen LogP contribution in [0.5, 0.6) is 0 Å². The Hall–Kier alpha value is -4.36. The number of carbonyl (C=O) groups excluding carboxylic acids is 1. The van der Waals surface area contributed by atoms with Crippen molar-refractivity contribution in [2.75, 3.05) is 23.9 Å². The number of aromatic nitrogens is 4. The van der Waals surface area contributed by atoms with Gasteiger partial charge < -0.3 is 20.4 Å². The summed E-state index contributed by atoms with van der Waals surface area (Å²) in [6, 6.07) is 9.97. The average Bonchev–Trinajstić information content (AvgIpc) is 3.53. The third-order valence-corrected chi connectivity index (χ3v) is 8.00. The zero-order valence-corrected chi connectivity index (χ0v) is 23.5. The molecule has 1 fully saturated rings. The Balaban J connectivity index is 1.37. The van der Waals surface area contributed by atoms with E-state index in [4.69, 9.17) is 10.5 Å². The standard InChI is InChI=1S/C30H29F4N7O2/c1-36-25-10-18(20-5-4-19(31)12-21(20)27-39-37-16-40(27)2)11-26(38-25)41-13-23-22(28(41)42)8-17(9-24(23)30(32,33)34)14-43-15-29(35)6-3-7-29/h4-5,8-12,16H,3,6-7,13-15,35H2,1-2H3,(H,36,38). The van der Waals surface area contributed by atoms with Crippen LogP contribution in [0.1, 0.15) is 46.3 Å². The van der Waals surface area contributed by atoms with E-state index < -0.39 is 29.0 Å². The molecule has 1 aliphatic heterocycles. The van der Waals surface area contributed by atoms with E-state index in [0.717, 1.165) is 25.3 Å². The molecule has 1 saturated carbocycles. The summed E-state index contributed by atoms with van der Waals surface area (Å²) in [4.78, 5) is 19.4. The fourth-order valence-electron chi connectivity index (χ4n) is 5.56. The van der Waals surface area contributed by atoms with Gasteiger partial charge >= 0.3 is 6.18 Å². The number of aryl methyl sites for hydroxylation is 1. The number of carbonyl (C=O) groups is 1. The number of nitrogens with zero attached hydrogens (tertiary/aromatic N) is 5. The van der Waals surface area contributed by atoms with Gasteiger partial charge in [0, 0.05) is 30.8 Å². The van der Waals surface area contributed by atoms with Gasteiger partial charge in [-0.1, -0.05) is 6.07 Å². The zero-order valence-electron chi connectivity index (χ0n) is 23.5. The van der Waals surface area contributed by atoms with Gasteiger partial charge in [0.05, 0.1) is 25.3 Å². The van der Waals surface area contributed by atoms with Gasteiger partial charge in [0.15, 0.2) is 5.82 Å². The maximum atomic E-state index is 14.3. The average molecular weight is 596 g/mol. The van der Waals surface area contributed by atoms with Crippen LogP contribution < -0.4 is 16.0 Å². The highest BCUT2D eigenvalue weighted by atomic mass is 19.4. The Bertz CT molecular complexity index is 1720. The number of fused-ring (bicyclic) bond motifs is 1. The molecule has 43 heavy (non-hydrogen) atoms. The van der Waals surface area contributed by atoms with E-state index in [0.29, 0.717) is 28.3 Å². The van der Waals surface area contributed by atoms with E-state index >= 15 is 0 Å². The van der Waals surface area contributed by atoms with Gasteiger partial charge in [-0.05, 0) is 77.9 Å². The first-order chi connectivity index (χ1) is 20.5. The van der Waals surface area contributed by atoms with E-state index in [1.54, 1.807) is 36.9 Å². The van der Waals surface area contributed by atoms with E-state index in [9.17, 15) is 22.4 Å². The summed E-state index contributed by atoms with van der Waals surface area (Å²) < 4.78 is 64.4. The number of benzene rings is 2. The van der Waals surface area contributed by atoms with Crippen molar-refractivity contribution in [3.8, 4) is 22.5 Å². The Morgan fingerprint density at radius 3 is 2.53 bits per heavy atom. The van der Waals surface area contributed by atoms with Crippen LogP contribution in [-0.4, -0.2) is 44.8 Å². The molecule has 4 aromatic rings. The first-order valence-electron chi connectivity index (χ1n) is 13.7. The molecule has 0 radical (unpaired) electrons. The summed E-state index contributed by atoms with van der Waals surface area (Å²) >= 11 is 0. The third kappa shape index (κ3) is 5.45. The summed E-state index contributed by atoms with van der Waals surface area (Å²) in [5, 5.41) is 10.9. The molecule has 224 valence electrons. The van der Waals surface area contributed by atoms with Crippen molar-refractivity contribution < 1.29 is 27.1 Å². The van der Waals surface area contributed by atoms with Crippen LogP contribution in [0.3, 0.4) is 0 Å². The molecule has 3 heterocycles.